The molecule has 0 aliphatic carbocycles. The highest BCUT2D eigenvalue weighted by molar-refractivity contribution is 14.1. The van der Waals surface area contributed by atoms with E-state index in [2.05, 4.69) is 13.2 Å². The molecule has 0 saturated heterocycles. The van der Waals surface area contributed by atoms with Gasteiger partial charge in [0.1, 0.15) is 11.5 Å². The zero-order valence-corrected chi connectivity index (χ0v) is 13.9. The highest BCUT2D eigenvalue weighted by atomic mass is 127. The highest BCUT2D eigenvalue weighted by Gasteiger charge is 1.91. The summed E-state index contributed by atoms with van der Waals surface area (Å²) in [5.74, 6) is 1.43. The molecule has 1 rings (SSSR count). The molecule has 0 aliphatic heterocycles. The molecule has 0 radical (unpaired) electrons. The average molecular weight is 466 g/mol. The summed E-state index contributed by atoms with van der Waals surface area (Å²) in [6.45, 7) is 7.60. The smallest absolute Gasteiger partial charge is 0.192 e. The van der Waals surface area contributed by atoms with Crippen molar-refractivity contribution in [1.82, 2.24) is 0 Å². The molecule has 18 heavy (non-hydrogen) atoms. The van der Waals surface area contributed by atoms with E-state index in [1.54, 1.807) is 29.1 Å². The third-order valence-corrected chi connectivity index (χ3v) is 3.12. The summed E-state index contributed by atoms with van der Waals surface area (Å²) in [6, 6.07) is 7.79. The lowest BCUT2D eigenvalue weighted by Crippen LogP contribution is -1.76. The second kappa shape index (κ2) is 8.36. The van der Waals surface area contributed by atoms with Crippen LogP contribution in [0.1, 0.15) is 5.56 Å². The van der Waals surface area contributed by atoms with Crippen LogP contribution >= 0.6 is 46.0 Å². The van der Waals surface area contributed by atoms with Crippen molar-refractivity contribution in [2.45, 2.75) is 0 Å². The Morgan fingerprint density at radius 3 is 2.22 bits per heavy atom. The van der Waals surface area contributed by atoms with Crippen LogP contribution in [0.15, 0.2) is 67.0 Å². The number of hydrogen-bond donors (Lipinski definition) is 0. The van der Waals surface area contributed by atoms with Gasteiger partial charge in [0.05, 0.1) is 0 Å². The molecule has 0 unspecified atom stereocenters. The molecule has 0 atom stereocenters. The van der Waals surface area contributed by atoms with Gasteiger partial charge in [0.15, 0.2) is 46.0 Å². The molecular weight excluding hydrogens is 454 g/mol. The highest BCUT2D eigenvalue weighted by Crippen LogP contribution is 2.15. The molecule has 4 heteroatoms. The number of rotatable bonds is 6. The Hall–Kier alpha value is -0.760. The fourth-order valence-corrected chi connectivity index (χ4v) is 1.56. The molecule has 0 aromatic heterocycles. The van der Waals surface area contributed by atoms with Crippen LogP contribution in [-0.2, 0) is 3.07 Å². The first kappa shape index (κ1) is 15.3. The SMILES string of the molecule is C=C(/C=C\C(=C)OI)/C=C/c1ccc(OI)cc1. The minimum Gasteiger partial charge on any atom is -0.428 e. The van der Waals surface area contributed by atoms with Gasteiger partial charge >= 0.3 is 0 Å². The van der Waals surface area contributed by atoms with E-state index in [0.29, 0.717) is 5.76 Å². The number of allylic oxidation sites excluding steroid dienone is 4. The lowest BCUT2D eigenvalue weighted by molar-refractivity contribution is 0.591. The number of benzene rings is 1. The minimum absolute atomic E-state index is 0.591. The van der Waals surface area contributed by atoms with Gasteiger partial charge in [-0.1, -0.05) is 43.5 Å². The predicted molar refractivity (Wildman–Crippen MR) is 92.6 cm³/mol. The van der Waals surface area contributed by atoms with Crippen LogP contribution in [0.2, 0.25) is 0 Å². The monoisotopic (exact) mass is 466 g/mol. The maximum absolute atomic E-state index is 5.06. The van der Waals surface area contributed by atoms with Crippen molar-refractivity contribution in [3.63, 3.8) is 0 Å². The average Bonchev–Trinajstić information content (AvgIpc) is 2.42. The molecule has 0 heterocycles. The van der Waals surface area contributed by atoms with E-state index in [4.69, 9.17) is 6.13 Å². The Morgan fingerprint density at radius 2 is 1.67 bits per heavy atom. The van der Waals surface area contributed by atoms with Crippen molar-refractivity contribution in [3.05, 3.63) is 72.5 Å². The van der Waals surface area contributed by atoms with Crippen molar-refractivity contribution in [3.8, 4) is 5.75 Å². The van der Waals surface area contributed by atoms with Gasteiger partial charge in [-0.25, -0.2) is 0 Å². The molecule has 0 aliphatic rings. The molecule has 0 saturated carbocycles. The molecule has 0 fully saturated rings. The predicted octanol–water partition coefficient (Wildman–Crippen LogP) is 5.42. The van der Waals surface area contributed by atoms with Gasteiger partial charge in [-0.2, -0.15) is 0 Å². The van der Waals surface area contributed by atoms with E-state index in [9.17, 15) is 0 Å². The molecule has 1 aromatic carbocycles. The van der Waals surface area contributed by atoms with Crippen molar-refractivity contribution in [2.24, 2.45) is 0 Å². The minimum atomic E-state index is 0.591. The van der Waals surface area contributed by atoms with Gasteiger partial charge in [-0.15, -0.1) is 0 Å². The van der Waals surface area contributed by atoms with Crippen LogP contribution in [0.3, 0.4) is 0 Å². The van der Waals surface area contributed by atoms with Gasteiger partial charge in [0.25, 0.3) is 0 Å². The van der Waals surface area contributed by atoms with E-state index in [1.165, 1.54) is 0 Å². The Kier molecular flexibility index (Phi) is 7.11. The Morgan fingerprint density at radius 1 is 1.00 bits per heavy atom. The van der Waals surface area contributed by atoms with Gasteiger partial charge in [-0.3, -0.25) is 0 Å². The molecule has 1 aromatic rings. The fourth-order valence-electron chi connectivity index (χ4n) is 1.11. The van der Waals surface area contributed by atoms with Crippen molar-refractivity contribution < 1.29 is 6.13 Å². The van der Waals surface area contributed by atoms with E-state index in [-0.39, 0.29) is 0 Å². The third kappa shape index (κ3) is 5.72. The molecule has 0 amide bonds. The Balaban J connectivity index is 2.60. The fraction of sp³-hybridized carbons (Fsp3) is 0. The van der Waals surface area contributed by atoms with Crippen molar-refractivity contribution in [1.29, 1.82) is 0 Å². The largest absolute Gasteiger partial charge is 0.428 e. The van der Waals surface area contributed by atoms with Crippen molar-refractivity contribution >= 4 is 52.1 Å². The van der Waals surface area contributed by atoms with E-state index in [1.807, 2.05) is 65.5 Å². The zero-order chi connectivity index (χ0) is 13.4. The van der Waals surface area contributed by atoms with Crippen LogP contribution < -0.4 is 3.07 Å². The Bertz CT molecular complexity index is 473. The maximum Gasteiger partial charge on any atom is 0.192 e. The van der Waals surface area contributed by atoms with Crippen LogP contribution in [0.4, 0.5) is 0 Å². The summed E-state index contributed by atoms with van der Waals surface area (Å²) in [5.41, 5.74) is 1.96. The number of halogens is 2. The first-order valence-corrected chi connectivity index (χ1v) is 6.83. The quantitative estimate of drug-likeness (QED) is 0.317. The van der Waals surface area contributed by atoms with Crippen LogP contribution in [-0.4, -0.2) is 0 Å². The maximum atomic E-state index is 5.06. The summed E-state index contributed by atoms with van der Waals surface area (Å²) in [5, 5.41) is 0. The van der Waals surface area contributed by atoms with Crippen LogP contribution in [0, 0.1) is 0 Å². The van der Waals surface area contributed by atoms with Gasteiger partial charge in [-0.05, 0) is 29.3 Å². The normalized spacial score (nSPS) is 10.8. The third-order valence-electron chi connectivity index (χ3n) is 2.04. The van der Waals surface area contributed by atoms with Crippen molar-refractivity contribution in [2.75, 3.05) is 0 Å². The second-order valence-corrected chi connectivity index (χ2v) is 4.31. The lowest BCUT2D eigenvalue weighted by atomic mass is 10.1. The van der Waals surface area contributed by atoms with Gasteiger partial charge in [0.2, 0.25) is 0 Å². The summed E-state index contributed by atoms with van der Waals surface area (Å²) < 4.78 is 9.96. The summed E-state index contributed by atoms with van der Waals surface area (Å²) >= 11 is 3.64. The summed E-state index contributed by atoms with van der Waals surface area (Å²) in [6.07, 6.45) is 7.53. The molecular formula is C14H12I2O2. The lowest BCUT2D eigenvalue weighted by Gasteiger charge is -1.97. The zero-order valence-electron chi connectivity index (χ0n) is 9.61. The van der Waals surface area contributed by atoms with Crippen LogP contribution in [0.5, 0.6) is 5.75 Å². The van der Waals surface area contributed by atoms with Crippen LogP contribution in [0.25, 0.3) is 6.08 Å². The standard InChI is InChI=1S/C14H12I2O2/c1-11(3-5-12(2)17-15)4-6-13-7-9-14(18-16)10-8-13/h3-10H,1-2H2/b5-3-,6-4+. The van der Waals surface area contributed by atoms with E-state index in [0.717, 1.165) is 16.9 Å². The number of hydrogen-bond acceptors (Lipinski definition) is 2. The molecule has 2 nitrogen and oxygen atoms in total. The van der Waals surface area contributed by atoms with E-state index >= 15 is 0 Å². The topological polar surface area (TPSA) is 18.5 Å². The summed E-state index contributed by atoms with van der Waals surface area (Å²) in [4.78, 5) is 0. The van der Waals surface area contributed by atoms with Gasteiger partial charge in [0, 0.05) is 0 Å². The van der Waals surface area contributed by atoms with Gasteiger partial charge < -0.3 is 6.13 Å². The Labute approximate surface area is 135 Å². The first-order valence-electron chi connectivity index (χ1n) is 5.07. The molecule has 0 bridgehead atoms. The first-order chi connectivity index (χ1) is 8.65. The van der Waals surface area contributed by atoms with E-state index < -0.39 is 0 Å². The summed E-state index contributed by atoms with van der Waals surface area (Å²) in [7, 11) is 0. The molecule has 0 spiro atoms. The second-order valence-electron chi connectivity index (χ2n) is 3.43. The molecule has 0 N–H and O–H groups in total. The molecule has 94 valence electrons.